The summed E-state index contributed by atoms with van der Waals surface area (Å²) in [6.45, 7) is 0.369. The Balaban J connectivity index is 1.93. The molecule has 0 spiro atoms. The molecule has 0 amide bonds. The van der Waals surface area contributed by atoms with Crippen LogP contribution in [-0.4, -0.2) is 30.3 Å². The minimum absolute atomic E-state index is 0.154. The van der Waals surface area contributed by atoms with Gasteiger partial charge in [-0.05, 0) is 48.5 Å². The van der Waals surface area contributed by atoms with Crippen LogP contribution in [0, 0.1) is 24.7 Å². The van der Waals surface area contributed by atoms with Crippen molar-refractivity contribution in [3.05, 3.63) is 48.5 Å². The van der Waals surface area contributed by atoms with Gasteiger partial charge in [0.05, 0.1) is 18.5 Å². The van der Waals surface area contributed by atoms with E-state index < -0.39 is 0 Å². The number of benzene rings is 2. The van der Waals surface area contributed by atoms with Gasteiger partial charge in [0, 0.05) is 11.1 Å². The van der Waals surface area contributed by atoms with Gasteiger partial charge in [0.1, 0.15) is 19.0 Å². The summed E-state index contributed by atoms with van der Waals surface area (Å²) < 4.78 is 16.3. The summed E-state index contributed by atoms with van der Waals surface area (Å²) in [6.07, 6.45) is 10.5. The van der Waals surface area contributed by atoms with E-state index in [0.29, 0.717) is 28.6 Å². The molecule has 144 valence electrons. The quantitative estimate of drug-likeness (QED) is 0.628. The van der Waals surface area contributed by atoms with Crippen LogP contribution >= 0.6 is 0 Å². The minimum atomic E-state index is 0.154. The zero-order chi connectivity index (χ0) is 20.6. The first-order chi connectivity index (χ1) is 14.1. The molecule has 0 aliphatic carbocycles. The van der Waals surface area contributed by atoms with E-state index in [2.05, 4.69) is 21.8 Å². The number of anilines is 1. The molecule has 0 aliphatic heterocycles. The second kappa shape index (κ2) is 9.16. The third-order valence-electron chi connectivity index (χ3n) is 3.99. The van der Waals surface area contributed by atoms with Crippen LogP contribution < -0.4 is 19.9 Å². The smallest absolute Gasteiger partial charge is 0.221 e. The normalized spacial score (nSPS) is 9.90. The molecule has 3 rings (SSSR count). The van der Waals surface area contributed by atoms with Crippen LogP contribution in [0.4, 0.5) is 5.95 Å². The maximum Gasteiger partial charge on any atom is 0.221 e. The predicted molar refractivity (Wildman–Crippen MR) is 113 cm³/mol. The van der Waals surface area contributed by atoms with Crippen molar-refractivity contribution >= 4 is 5.95 Å². The highest BCUT2D eigenvalue weighted by molar-refractivity contribution is 5.71. The monoisotopic (exact) mass is 385 g/mol. The Kier molecular flexibility index (Phi) is 6.19. The Hall–Kier alpha value is -4.16. The summed E-state index contributed by atoms with van der Waals surface area (Å²) >= 11 is 0. The fourth-order valence-corrected chi connectivity index (χ4v) is 2.67. The molecule has 3 aromatic rings. The van der Waals surface area contributed by atoms with Crippen molar-refractivity contribution in [1.29, 1.82) is 0 Å². The first-order valence-electron chi connectivity index (χ1n) is 8.70. The number of nitrogens with zero attached hydrogens (tertiary/aromatic N) is 2. The molecule has 1 heterocycles. The Morgan fingerprint density at radius 2 is 1.45 bits per heavy atom. The molecule has 0 atom stereocenters. The molecule has 0 aliphatic rings. The highest BCUT2D eigenvalue weighted by Crippen LogP contribution is 2.33. The summed E-state index contributed by atoms with van der Waals surface area (Å²) in [4.78, 5) is 8.68. The fourth-order valence-electron chi connectivity index (χ4n) is 2.67. The molecule has 0 saturated carbocycles. The number of hydrogen-bond acceptors (Lipinski definition) is 6. The molecule has 0 bridgehead atoms. The summed E-state index contributed by atoms with van der Waals surface area (Å²) in [5, 5.41) is 0. The van der Waals surface area contributed by atoms with E-state index in [9.17, 15) is 0 Å². The number of hydrogen-bond donors (Lipinski definition) is 1. The minimum Gasteiger partial charge on any atom is -0.493 e. The van der Waals surface area contributed by atoms with Crippen LogP contribution in [0.3, 0.4) is 0 Å². The number of nitrogens with two attached hydrogens (primary N) is 1. The maximum absolute atomic E-state index is 5.95. The molecule has 29 heavy (non-hydrogen) atoms. The third kappa shape index (κ3) is 4.77. The van der Waals surface area contributed by atoms with E-state index in [-0.39, 0.29) is 19.2 Å². The number of terminal acetylenes is 2. The number of nitrogen functional groups attached to an aromatic ring is 1. The van der Waals surface area contributed by atoms with Gasteiger partial charge in [0.2, 0.25) is 5.95 Å². The number of aromatic nitrogens is 2. The molecule has 0 fully saturated rings. The summed E-state index contributed by atoms with van der Waals surface area (Å²) in [5.41, 5.74) is 8.96. The first-order valence-corrected chi connectivity index (χ1v) is 8.70. The fraction of sp³-hybridized carbons (Fsp3) is 0.130. The van der Waals surface area contributed by atoms with E-state index in [1.165, 1.54) is 0 Å². The van der Waals surface area contributed by atoms with E-state index in [0.717, 1.165) is 11.1 Å². The maximum atomic E-state index is 5.95. The van der Waals surface area contributed by atoms with Gasteiger partial charge in [-0.15, -0.1) is 12.8 Å². The van der Waals surface area contributed by atoms with Crippen molar-refractivity contribution in [3.63, 3.8) is 0 Å². The Morgan fingerprint density at radius 1 is 0.828 bits per heavy atom. The molecular formula is C23H19N3O3. The Bertz CT molecular complexity index is 1080. The molecule has 1 aromatic heterocycles. The topological polar surface area (TPSA) is 79.5 Å². The predicted octanol–water partition coefficient (Wildman–Crippen LogP) is 3.43. The zero-order valence-electron chi connectivity index (χ0n) is 15.9. The van der Waals surface area contributed by atoms with Crippen molar-refractivity contribution in [2.75, 3.05) is 26.1 Å². The Labute approximate surface area is 169 Å². The third-order valence-corrected chi connectivity index (χ3v) is 3.99. The van der Waals surface area contributed by atoms with Crippen molar-refractivity contribution < 1.29 is 14.2 Å². The highest BCUT2D eigenvalue weighted by atomic mass is 16.5. The molecule has 0 unspecified atom stereocenters. The molecule has 2 N–H and O–H groups in total. The summed E-state index contributed by atoms with van der Waals surface area (Å²) in [5.74, 6) is 6.81. The Morgan fingerprint density at radius 3 is 2.10 bits per heavy atom. The standard InChI is InChI=1S/C23H19N3O3/c1-4-12-28-18-9-6-16(7-10-18)19-15-20(26-23(24)25-19)17-8-11-21(29-13-5-2)22(14-17)27-3/h1-2,6-11,14-15H,12-13H2,3H3,(H2,24,25,26). The van der Waals surface area contributed by atoms with Crippen molar-refractivity contribution in [2.24, 2.45) is 0 Å². The molecule has 6 heteroatoms. The summed E-state index contributed by atoms with van der Waals surface area (Å²) in [6, 6.07) is 14.7. The van der Waals surface area contributed by atoms with Gasteiger partial charge >= 0.3 is 0 Å². The van der Waals surface area contributed by atoms with Gasteiger partial charge < -0.3 is 19.9 Å². The summed E-state index contributed by atoms with van der Waals surface area (Å²) in [7, 11) is 1.56. The molecule has 6 nitrogen and oxygen atoms in total. The average Bonchev–Trinajstić information content (AvgIpc) is 2.76. The largest absolute Gasteiger partial charge is 0.493 e. The van der Waals surface area contributed by atoms with Crippen LogP contribution in [0.25, 0.3) is 22.5 Å². The van der Waals surface area contributed by atoms with E-state index >= 15 is 0 Å². The van der Waals surface area contributed by atoms with E-state index in [1.54, 1.807) is 13.2 Å². The average molecular weight is 385 g/mol. The van der Waals surface area contributed by atoms with Crippen LogP contribution in [0.5, 0.6) is 17.2 Å². The lowest BCUT2D eigenvalue weighted by Gasteiger charge is -2.11. The lowest BCUT2D eigenvalue weighted by molar-refractivity contribution is 0.331. The highest BCUT2D eigenvalue weighted by Gasteiger charge is 2.11. The zero-order valence-corrected chi connectivity index (χ0v) is 15.9. The van der Waals surface area contributed by atoms with Crippen molar-refractivity contribution in [2.45, 2.75) is 0 Å². The molecule has 2 aromatic carbocycles. The van der Waals surface area contributed by atoms with Gasteiger partial charge in [-0.3, -0.25) is 0 Å². The van der Waals surface area contributed by atoms with Crippen molar-refractivity contribution in [3.8, 4) is 64.5 Å². The molecular weight excluding hydrogens is 366 g/mol. The van der Waals surface area contributed by atoms with Crippen molar-refractivity contribution in [1.82, 2.24) is 9.97 Å². The van der Waals surface area contributed by atoms with Gasteiger partial charge in [0.25, 0.3) is 0 Å². The van der Waals surface area contributed by atoms with Crippen LogP contribution in [-0.2, 0) is 0 Å². The van der Waals surface area contributed by atoms with Gasteiger partial charge in [-0.2, -0.15) is 0 Å². The van der Waals surface area contributed by atoms with Crippen LogP contribution in [0.2, 0.25) is 0 Å². The molecule has 0 radical (unpaired) electrons. The second-order valence-corrected chi connectivity index (χ2v) is 5.87. The van der Waals surface area contributed by atoms with E-state index in [1.807, 2.05) is 42.5 Å². The van der Waals surface area contributed by atoms with E-state index in [4.69, 9.17) is 32.8 Å². The lowest BCUT2D eigenvalue weighted by atomic mass is 10.1. The number of ether oxygens (including phenoxy) is 3. The van der Waals surface area contributed by atoms with Gasteiger partial charge in [-0.1, -0.05) is 11.8 Å². The number of methoxy groups -OCH3 is 1. The van der Waals surface area contributed by atoms with Gasteiger partial charge in [0.15, 0.2) is 11.5 Å². The molecule has 0 saturated heterocycles. The first kappa shape index (κ1) is 19.6. The second-order valence-electron chi connectivity index (χ2n) is 5.87. The lowest BCUT2D eigenvalue weighted by Crippen LogP contribution is -2.00. The van der Waals surface area contributed by atoms with Crippen LogP contribution in [0.15, 0.2) is 48.5 Å². The SMILES string of the molecule is C#CCOc1ccc(-c2cc(-c3ccc(OCC#C)c(OC)c3)nc(N)n2)cc1. The number of rotatable bonds is 7. The van der Waals surface area contributed by atoms with Gasteiger partial charge in [-0.25, -0.2) is 9.97 Å². The van der Waals surface area contributed by atoms with Crippen LogP contribution in [0.1, 0.15) is 0 Å².